The van der Waals surface area contributed by atoms with Crippen LogP contribution >= 0.6 is 0 Å². The van der Waals surface area contributed by atoms with Crippen molar-refractivity contribution in [3.8, 4) is 0 Å². The van der Waals surface area contributed by atoms with Gasteiger partial charge in [-0.05, 0) is 44.5 Å². The van der Waals surface area contributed by atoms with E-state index >= 15 is 0 Å². The summed E-state index contributed by atoms with van der Waals surface area (Å²) >= 11 is 0. The lowest BCUT2D eigenvalue weighted by Crippen LogP contribution is -2.26. The fourth-order valence-electron chi connectivity index (χ4n) is 2.68. The molecule has 2 aromatic rings. The zero-order chi connectivity index (χ0) is 20.3. The van der Waals surface area contributed by atoms with E-state index in [0.717, 1.165) is 4.90 Å². The Balaban J connectivity index is 2.51. The minimum Gasteiger partial charge on any atom is -0.294 e. The highest BCUT2D eigenvalue weighted by atomic mass is 16.2. The Morgan fingerprint density at radius 1 is 0.815 bits per heavy atom. The number of hydrogen-bond donors (Lipinski definition) is 0. The van der Waals surface area contributed by atoms with E-state index in [2.05, 4.69) is 0 Å². The van der Waals surface area contributed by atoms with Crippen LogP contribution in [0.3, 0.4) is 0 Å². The average Bonchev–Trinajstić information content (AvgIpc) is 2.65. The maximum Gasteiger partial charge on any atom is 0.260 e. The van der Waals surface area contributed by atoms with E-state index < -0.39 is 11.7 Å². The van der Waals surface area contributed by atoms with Gasteiger partial charge in [-0.1, -0.05) is 18.2 Å². The summed E-state index contributed by atoms with van der Waals surface area (Å²) in [5.74, 6) is -1.49. The third-order valence-electron chi connectivity index (χ3n) is 4.25. The number of hydrogen-bond acceptors (Lipinski definition) is 5. The first-order chi connectivity index (χ1) is 12.7. The SMILES string of the molecule is CC(=O)c1ccc(C(=O)c2ccc(C)c(C(=O)N(C)C=O)c2)cc1C(C)=O. The van der Waals surface area contributed by atoms with Crippen LogP contribution in [0.25, 0.3) is 0 Å². The molecule has 2 rings (SSSR count). The van der Waals surface area contributed by atoms with Crippen molar-refractivity contribution in [2.45, 2.75) is 20.8 Å². The van der Waals surface area contributed by atoms with Gasteiger partial charge in [0, 0.05) is 34.9 Å². The summed E-state index contributed by atoms with van der Waals surface area (Å²) in [7, 11) is 1.34. The zero-order valence-electron chi connectivity index (χ0n) is 15.5. The summed E-state index contributed by atoms with van der Waals surface area (Å²) in [6.07, 6.45) is 0.399. The van der Waals surface area contributed by atoms with Gasteiger partial charge in [-0.2, -0.15) is 0 Å². The molecule has 0 saturated carbocycles. The number of amides is 2. The van der Waals surface area contributed by atoms with Gasteiger partial charge in [0.1, 0.15) is 0 Å². The lowest BCUT2D eigenvalue weighted by molar-refractivity contribution is -0.115. The van der Waals surface area contributed by atoms with E-state index in [4.69, 9.17) is 0 Å². The predicted octanol–water partition coefficient (Wildman–Crippen LogP) is 2.86. The topological polar surface area (TPSA) is 88.6 Å². The molecular formula is C21H19NO5. The van der Waals surface area contributed by atoms with Gasteiger partial charge >= 0.3 is 0 Å². The van der Waals surface area contributed by atoms with Crippen LogP contribution in [-0.2, 0) is 4.79 Å². The standard InChI is InChI=1S/C21H19NO5/c1-12-5-6-15(9-18(12)21(27)22(4)11-23)20(26)16-7-8-17(13(2)24)19(10-16)14(3)25/h5-11H,1-4H3. The third-order valence-corrected chi connectivity index (χ3v) is 4.25. The first-order valence-corrected chi connectivity index (χ1v) is 8.21. The largest absolute Gasteiger partial charge is 0.294 e. The van der Waals surface area contributed by atoms with Crippen molar-refractivity contribution >= 4 is 29.7 Å². The van der Waals surface area contributed by atoms with E-state index in [9.17, 15) is 24.0 Å². The number of carbonyl (C=O) groups excluding carboxylic acids is 5. The predicted molar refractivity (Wildman–Crippen MR) is 99.2 cm³/mol. The molecule has 0 saturated heterocycles. The van der Waals surface area contributed by atoms with Gasteiger partial charge in [-0.15, -0.1) is 0 Å². The first kappa shape index (κ1) is 19.9. The van der Waals surface area contributed by atoms with E-state index in [-0.39, 0.29) is 39.4 Å². The molecule has 2 amide bonds. The maximum atomic E-state index is 12.8. The highest BCUT2D eigenvalue weighted by molar-refractivity contribution is 6.14. The van der Waals surface area contributed by atoms with Crippen LogP contribution in [0.2, 0.25) is 0 Å². The number of nitrogens with zero attached hydrogens (tertiary/aromatic N) is 1. The van der Waals surface area contributed by atoms with Crippen molar-refractivity contribution in [1.82, 2.24) is 4.90 Å². The minimum atomic E-state index is -0.520. The molecule has 0 radical (unpaired) electrons. The minimum absolute atomic E-state index is 0.178. The van der Waals surface area contributed by atoms with Crippen LogP contribution in [0.15, 0.2) is 36.4 Å². The highest BCUT2D eigenvalue weighted by Crippen LogP contribution is 2.20. The second-order valence-electron chi connectivity index (χ2n) is 6.25. The molecule has 2 aromatic carbocycles. The molecule has 0 spiro atoms. The molecule has 6 nitrogen and oxygen atoms in total. The monoisotopic (exact) mass is 365 g/mol. The smallest absolute Gasteiger partial charge is 0.260 e. The Bertz CT molecular complexity index is 975. The maximum absolute atomic E-state index is 12.8. The zero-order valence-corrected chi connectivity index (χ0v) is 15.5. The van der Waals surface area contributed by atoms with Crippen LogP contribution in [-0.4, -0.2) is 41.6 Å². The van der Waals surface area contributed by atoms with Gasteiger partial charge in [0.15, 0.2) is 17.3 Å². The molecule has 0 aromatic heterocycles. The molecule has 0 aliphatic rings. The van der Waals surface area contributed by atoms with Crippen molar-refractivity contribution in [2.24, 2.45) is 0 Å². The summed E-state index contributed by atoms with van der Waals surface area (Å²) < 4.78 is 0. The van der Waals surface area contributed by atoms with Crippen molar-refractivity contribution in [3.63, 3.8) is 0 Å². The molecule has 0 aliphatic carbocycles. The molecule has 0 atom stereocenters. The Kier molecular flexibility index (Phi) is 5.80. The van der Waals surface area contributed by atoms with Crippen molar-refractivity contribution < 1.29 is 24.0 Å². The molecule has 138 valence electrons. The molecule has 0 aliphatic heterocycles. The van der Waals surface area contributed by atoms with E-state index in [1.807, 2.05) is 0 Å². The fraction of sp³-hybridized carbons (Fsp3) is 0.190. The summed E-state index contributed by atoms with van der Waals surface area (Å²) in [4.78, 5) is 60.3. The van der Waals surface area contributed by atoms with E-state index in [1.165, 1.54) is 45.2 Å². The number of Topliss-reactive ketones (excluding diaryl/α,β-unsaturated/α-hetero) is 2. The molecule has 0 N–H and O–H groups in total. The average molecular weight is 365 g/mol. The van der Waals surface area contributed by atoms with Crippen LogP contribution in [0.5, 0.6) is 0 Å². The number of rotatable bonds is 6. The van der Waals surface area contributed by atoms with Gasteiger partial charge in [-0.25, -0.2) is 0 Å². The van der Waals surface area contributed by atoms with Crippen LogP contribution in [0.4, 0.5) is 0 Å². The summed E-state index contributed by atoms with van der Waals surface area (Å²) in [5.41, 5.74) is 1.78. The van der Waals surface area contributed by atoms with Gasteiger partial charge in [0.25, 0.3) is 5.91 Å². The molecule has 6 heteroatoms. The number of ketones is 3. The summed E-state index contributed by atoms with van der Waals surface area (Å²) in [6.45, 7) is 4.38. The van der Waals surface area contributed by atoms with Gasteiger partial charge < -0.3 is 0 Å². The lowest BCUT2D eigenvalue weighted by atomic mass is 9.93. The van der Waals surface area contributed by atoms with Gasteiger partial charge in [0.05, 0.1) is 0 Å². The second kappa shape index (κ2) is 7.86. The molecule has 0 heterocycles. The highest BCUT2D eigenvalue weighted by Gasteiger charge is 2.19. The van der Waals surface area contributed by atoms with E-state index in [1.54, 1.807) is 19.1 Å². The second-order valence-corrected chi connectivity index (χ2v) is 6.25. The van der Waals surface area contributed by atoms with Crippen molar-refractivity contribution in [2.75, 3.05) is 7.05 Å². The van der Waals surface area contributed by atoms with Crippen LogP contribution in [0, 0.1) is 6.92 Å². The normalized spacial score (nSPS) is 10.2. The Hall–Kier alpha value is -3.41. The van der Waals surface area contributed by atoms with E-state index in [0.29, 0.717) is 12.0 Å². The van der Waals surface area contributed by atoms with Gasteiger partial charge in [-0.3, -0.25) is 28.9 Å². The first-order valence-electron chi connectivity index (χ1n) is 8.21. The molecule has 0 unspecified atom stereocenters. The Labute approximate surface area is 156 Å². The number of aryl methyl sites for hydroxylation is 1. The number of carbonyl (C=O) groups is 5. The molecule has 0 bridgehead atoms. The van der Waals surface area contributed by atoms with Gasteiger partial charge in [0.2, 0.25) is 6.41 Å². The molecule has 0 fully saturated rings. The molecule has 27 heavy (non-hydrogen) atoms. The number of imide groups is 1. The summed E-state index contributed by atoms with van der Waals surface area (Å²) in [6, 6.07) is 8.93. The van der Waals surface area contributed by atoms with Crippen molar-refractivity contribution in [3.05, 3.63) is 69.8 Å². The fourth-order valence-corrected chi connectivity index (χ4v) is 2.68. The summed E-state index contributed by atoms with van der Waals surface area (Å²) in [5, 5.41) is 0. The van der Waals surface area contributed by atoms with Crippen LogP contribution < -0.4 is 0 Å². The Morgan fingerprint density at radius 3 is 1.85 bits per heavy atom. The lowest BCUT2D eigenvalue weighted by Gasteiger charge is -2.13. The van der Waals surface area contributed by atoms with Crippen LogP contribution in [0.1, 0.15) is 66.4 Å². The third kappa shape index (κ3) is 4.06. The Morgan fingerprint density at radius 2 is 1.33 bits per heavy atom. The molecular weight excluding hydrogens is 346 g/mol. The number of benzene rings is 2. The van der Waals surface area contributed by atoms with Crippen molar-refractivity contribution in [1.29, 1.82) is 0 Å². The quantitative estimate of drug-likeness (QED) is 0.580.